The summed E-state index contributed by atoms with van der Waals surface area (Å²) >= 11 is 12.1. The lowest BCUT2D eigenvalue weighted by Crippen LogP contribution is -2.40. The summed E-state index contributed by atoms with van der Waals surface area (Å²) in [7, 11) is -0.238. The fourth-order valence-electron chi connectivity index (χ4n) is 3.23. The summed E-state index contributed by atoms with van der Waals surface area (Å²) < 4.78 is 56.2. The zero-order chi connectivity index (χ0) is 24.4. The first-order valence-electron chi connectivity index (χ1n) is 9.69. The van der Waals surface area contributed by atoms with Crippen molar-refractivity contribution in [2.24, 2.45) is 0 Å². The van der Waals surface area contributed by atoms with Crippen molar-refractivity contribution in [3.63, 3.8) is 0 Å². The SMILES string of the molecule is Cc1cc(C(O)(/C=C/c2ccccc2)C(F)(F)F)ccc1N(C)S(=O)c1cc(Cl)ccc1Cl. The van der Waals surface area contributed by atoms with Crippen LogP contribution in [0.1, 0.15) is 16.7 Å². The summed E-state index contributed by atoms with van der Waals surface area (Å²) in [6, 6.07) is 16.7. The van der Waals surface area contributed by atoms with Gasteiger partial charge in [-0.3, -0.25) is 4.31 Å². The fourth-order valence-corrected chi connectivity index (χ4v) is 4.92. The second kappa shape index (κ2) is 9.89. The van der Waals surface area contributed by atoms with Crippen LogP contribution < -0.4 is 4.31 Å². The lowest BCUT2D eigenvalue weighted by molar-refractivity contribution is -0.244. The van der Waals surface area contributed by atoms with E-state index in [9.17, 15) is 22.5 Å². The number of hydrogen-bond donors (Lipinski definition) is 1. The van der Waals surface area contributed by atoms with Crippen molar-refractivity contribution in [3.05, 3.63) is 99.5 Å². The number of alkyl halides is 3. The maximum atomic E-state index is 13.9. The van der Waals surface area contributed by atoms with E-state index in [2.05, 4.69) is 0 Å². The Kier molecular flexibility index (Phi) is 7.59. The highest BCUT2D eigenvalue weighted by Gasteiger charge is 2.53. The van der Waals surface area contributed by atoms with Gasteiger partial charge in [0.2, 0.25) is 5.60 Å². The summed E-state index contributed by atoms with van der Waals surface area (Å²) in [5.74, 6) is 0. The van der Waals surface area contributed by atoms with Crippen LogP contribution in [0.4, 0.5) is 18.9 Å². The Morgan fingerprint density at radius 1 is 1.00 bits per heavy atom. The largest absolute Gasteiger partial charge is 0.425 e. The maximum Gasteiger partial charge on any atom is 0.425 e. The molecule has 3 aromatic rings. The van der Waals surface area contributed by atoms with Crippen molar-refractivity contribution in [2.45, 2.75) is 23.6 Å². The summed E-state index contributed by atoms with van der Waals surface area (Å²) in [6.45, 7) is 1.57. The highest BCUT2D eigenvalue weighted by molar-refractivity contribution is 7.86. The van der Waals surface area contributed by atoms with Crippen molar-refractivity contribution in [2.75, 3.05) is 11.4 Å². The standard InChI is InChI=1S/C24H20Cl2F3NO2S/c1-16-14-18(23(31,24(27,28)29)13-12-17-6-4-3-5-7-17)8-11-21(16)30(2)33(32)22-15-19(25)9-10-20(22)26/h3-15,31H,1-2H3/b13-12+. The third kappa shape index (κ3) is 5.44. The molecule has 0 aliphatic heterocycles. The summed E-state index contributed by atoms with van der Waals surface area (Å²) in [4.78, 5) is 0.271. The zero-order valence-electron chi connectivity index (χ0n) is 17.6. The monoisotopic (exact) mass is 513 g/mol. The molecule has 0 saturated heterocycles. The molecule has 2 unspecified atom stereocenters. The van der Waals surface area contributed by atoms with Crippen molar-refractivity contribution in [1.82, 2.24) is 0 Å². The summed E-state index contributed by atoms with van der Waals surface area (Å²) in [5, 5.41) is 11.3. The van der Waals surface area contributed by atoms with Crippen molar-refractivity contribution < 1.29 is 22.5 Å². The van der Waals surface area contributed by atoms with Crippen molar-refractivity contribution in [1.29, 1.82) is 0 Å². The molecule has 0 amide bonds. The quantitative estimate of drug-likeness (QED) is 0.388. The van der Waals surface area contributed by atoms with Crippen LogP contribution in [0.3, 0.4) is 0 Å². The van der Waals surface area contributed by atoms with Gasteiger partial charge in [0.05, 0.1) is 15.6 Å². The Morgan fingerprint density at radius 2 is 1.67 bits per heavy atom. The molecular formula is C24H20Cl2F3NO2S. The lowest BCUT2D eigenvalue weighted by Gasteiger charge is -2.29. The first kappa shape index (κ1) is 25.3. The Morgan fingerprint density at radius 3 is 2.27 bits per heavy atom. The number of aliphatic hydroxyl groups is 1. The lowest BCUT2D eigenvalue weighted by atomic mass is 9.90. The van der Waals surface area contributed by atoms with Gasteiger partial charge in [-0.2, -0.15) is 13.2 Å². The van der Waals surface area contributed by atoms with E-state index in [-0.39, 0.29) is 15.5 Å². The van der Waals surface area contributed by atoms with Gasteiger partial charge in [0.15, 0.2) is 11.0 Å². The second-order valence-electron chi connectivity index (χ2n) is 7.33. The molecule has 1 N–H and O–H groups in total. The number of rotatable bonds is 6. The molecule has 0 aromatic heterocycles. The normalized spacial score (nSPS) is 14.8. The number of halogens is 5. The Hall–Kier alpha value is -2.32. The van der Waals surface area contributed by atoms with Gasteiger partial charge in [0.1, 0.15) is 0 Å². The van der Waals surface area contributed by atoms with Crippen LogP contribution in [-0.4, -0.2) is 22.5 Å². The number of aryl methyl sites for hydroxylation is 1. The van der Waals surface area contributed by atoms with E-state index in [1.807, 2.05) is 0 Å². The fraction of sp³-hybridized carbons (Fsp3) is 0.167. The number of benzene rings is 3. The van der Waals surface area contributed by atoms with Gasteiger partial charge in [-0.25, -0.2) is 4.21 Å². The molecule has 0 fully saturated rings. The van der Waals surface area contributed by atoms with Crippen molar-refractivity contribution >= 4 is 46.0 Å². The average Bonchev–Trinajstić information content (AvgIpc) is 2.78. The maximum absolute atomic E-state index is 13.9. The molecule has 3 rings (SSSR count). The van der Waals surface area contributed by atoms with Gasteiger partial charge in [0, 0.05) is 12.1 Å². The molecule has 3 nitrogen and oxygen atoms in total. The van der Waals surface area contributed by atoms with Gasteiger partial charge in [-0.15, -0.1) is 0 Å². The predicted octanol–water partition coefficient (Wildman–Crippen LogP) is 6.92. The van der Waals surface area contributed by atoms with E-state index in [1.165, 1.54) is 47.8 Å². The summed E-state index contributed by atoms with van der Waals surface area (Å²) in [6.07, 6.45) is -3.02. The zero-order valence-corrected chi connectivity index (χ0v) is 19.9. The predicted molar refractivity (Wildman–Crippen MR) is 128 cm³/mol. The molecule has 33 heavy (non-hydrogen) atoms. The van der Waals surface area contributed by atoms with Gasteiger partial charge in [-0.05, 0) is 54.0 Å². The molecule has 0 aliphatic rings. The number of hydrogen-bond acceptors (Lipinski definition) is 2. The van der Waals surface area contributed by atoms with Crippen LogP contribution in [0, 0.1) is 6.92 Å². The molecule has 0 saturated carbocycles. The smallest absolute Gasteiger partial charge is 0.373 e. The van der Waals surface area contributed by atoms with Crippen molar-refractivity contribution in [3.8, 4) is 0 Å². The van der Waals surface area contributed by atoms with Crippen LogP contribution in [-0.2, 0) is 16.6 Å². The first-order chi connectivity index (χ1) is 15.4. The van der Waals surface area contributed by atoms with E-state index in [1.54, 1.807) is 43.3 Å². The molecule has 3 aromatic carbocycles. The van der Waals surface area contributed by atoms with E-state index < -0.39 is 22.8 Å². The molecule has 0 heterocycles. The Balaban J connectivity index is 1.98. The van der Waals surface area contributed by atoms with Gasteiger partial charge in [0.25, 0.3) is 0 Å². The molecule has 0 spiro atoms. The molecular weight excluding hydrogens is 494 g/mol. The Labute approximate surface area is 202 Å². The minimum atomic E-state index is -4.96. The molecule has 174 valence electrons. The third-order valence-corrected chi connectivity index (χ3v) is 7.14. The Bertz CT molecular complexity index is 1200. The molecule has 0 aliphatic carbocycles. The summed E-state index contributed by atoms with van der Waals surface area (Å²) in [5.41, 5.74) is -2.26. The van der Waals surface area contributed by atoms with Crippen LogP contribution >= 0.6 is 23.2 Å². The van der Waals surface area contributed by atoms with Gasteiger partial charge in [-0.1, -0.05) is 71.7 Å². The van der Waals surface area contributed by atoms with Crippen LogP contribution in [0.2, 0.25) is 10.0 Å². The number of nitrogens with zero attached hydrogens (tertiary/aromatic N) is 1. The van der Waals surface area contributed by atoms with Gasteiger partial charge < -0.3 is 5.11 Å². The molecule has 0 bridgehead atoms. The topological polar surface area (TPSA) is 40.5 Å². The molecule has 0 radical (unpaired) electrons. The second-order valence-corrected chi connectivity index (χ2v) is 9.66. The minimum absolute atomic E-state index is 0.247. The number of anilines is 1. The highest BCUT2D eigenvalue weighted by Crippen LogP contribution is 2.42. The van der Waals surface area contributed by atoms with Gasteiger partial charge >= 0.3 is 6.18 Å². The third-order valence-electron chi connectivity index (χ3n) is 5.05. The van der Waals surface area contributed by atoms with Crippen LogP contribution in [0.15, 0.2) is 77.7 Å². The van der Waals surface area contributed by atoms with E-state index >= 15 is 0 Å². The first-order valence-corrected chi connectivity index (χ1v) is 11.6. The van der Waals surface area contributed by atoms with E-state index in [0.717, 1.165) is 6.08 Å². The molecule has 2 atom stereocenters. The molecule has 9 heteroatoms. The minimum Gasteiger partial charge on any atom is -0.373 e. The van der Waals surface area contributed by atoms with Crippen LogP contribution in [0.25, 0.3) is 6.08 Å². The van der Waals surface area contributed by atoms with E-state index in [4.69, 9.17) is 23.2 Å². The van der Waals surface area contributed by atoms with Crippen LogP contribution in [0.5, 0.6) is 0 Å². The average molecular weight is 514 g/mol. The highest BCUT2D eigenvalue weighted by atomic mass is 35.5. The van der Waals surface area contributed by atoms with E-state index in [0.29, 0.717) is 21.8 Å².